The van der Waals surface area contributed by atoms with Gasteiger partial charge in [0.25, 0.3) is 0 Å². The van der Waals surface area contributed by atoms with Crippen LogP contribution in [0.3, 0.4) is 0 Å². The maximum Gasteiger partial charge on any atom is 0.343 e. The average molecular weight is 287 g/mol. The van der Waals surface area contributed by atoms with Gasteiger partial charge in [0, 0.05) is 17.0 Å². The topological polar surface area (TPSA) is 47.6 Å². The Morgan fingerprint density at radius 2 is 2.00 bits per heavy atom. The van der Waals surface area contributed by atoms with Crippen LogP contribution in [0.15, 0.2) is 36.4 Å². The molecule has 0 aromatic heterocycles. The number of esters is 1. The number of carbonyl (C=O) groups excluding carboxylic acids is 1. The summed E-state index contributed by atoms with van der Waals surface area (Å²) in [6.45, 7) is 4.92. The third-order valence-corrected chi connectivity index (χ3v) is 3.45. The number of hydrogen-bond donors (Lipinski definition) is 1. The molecule has 0 spiro atoms. The Kier molecular flexibility index (Phi) is 5.17. The van der Waals surface area contributed by atoms with Crippen LogP contribution in [0.25, 0.3) is 10.8 Å². The second kappa shape index (κ2) is 7.09. The first-order valence-electron chi connectivity index (χ1n) is 7.12. The number of rotatable bonds is 6. The monoisotopic (exact) mass is 287 g/mol. The highest BCUT2D eigenvalue weighted by Gasteiger charge is 2.15. The van der Waals surface area contributed by atoms with Crippen LogP contribution >= 0.6 is 0 Å². The molecule has 1 atom stereocenters. The molecule has 0 saturated heterocycles. The molecule has 0 bridgehead atoms. The highest BCUT2D eigenvalue weighted by Crippen LogP contribution is 2.33. The van der Waals surface area contributed by atoms with Gasteiger partial charge in [-0.15, -0.1) is 0 Å². The van der Waals surface area contributed by atoms with Gasteiger partial charge in [0.1, 0.15) is 5.75 Å². The van der Waals surface area contributed by atoms with E-state index in [4.69, 9.17) is 4.74 Å². The molecule has 0 heterocycles. The summed E-state index contributed by atoms with van der Waals surface area (Å²) in [5, 5.41) is 5.46. The highest BCUT2D eigenvalue weighted by molar-refractivity contribution is 5.90. The summed E-state index contributed by atoms with van der Waals surface area (Å²) in [7, 11) is 1.36. The molecule has 0 saturated carbocycles. The van der Waals surface area contributed by atoms with E-state index in [9.17, 15) is 4.79 Å². The van der Waals surface area contributed by atoms with Crippen molar-refractivity contribution < 1.29 is 14.3 Å². The van der Waals surface area contributed by atoms with Crippen LogP contribution in [-0.2, 0) is 9.53 Å². The Labute approximate surface area is 125 Å². The van der Waals surface area contributed by atoms with Crippen molar-refractivity contribution in [2.45, 2.75) is 19.9 Å². The largest absolute Gasteiger partial charge is 0.481 e. The lowest BCUT2D eigenvalue weighted by Gasteiger charge is -2.19. The molecule has 112 valence electrons. The standard InChI is InChI=1S/C17H21NO3/c1-4-18-12(2)14-10-9-13-7-5-6-8-15(13)17(14)21-11-16(19)20-3/h5-10,12,18H,4,11H2,1-3H3. The van der Waals surface area contributed by atoms with E-state index in [1.807, 2.05) is 30.3 Å². The van der Waals surface area contributed by atoms with Gasteiger partial charge in [-0.1, -0.05) is 43.3 Å². The molecule has 2 rings (SSSR count). The third kappa shape index (κ3) is 3.52. The molecular formula is C17H21NO3. The van der Waals surface area contributed by atoms with Crippen LogP contribution < -0.4 is 10.1 Å². The first kappa shape index (κ1) is 15.3. The summed E-state index contributed by atoms with van der Waals surface area (Å²) in [5.41, 5.74) is 1.04. The Hall–Kier alpha value is -2.07. The zero-order valence-electron chi connectivity index (χ0n) is 12.7. The molecule has 0 aliphatic heterocycles. The van der Waals surface area contributed by atoms with E-state index >= 15 is 0 Å². The number of methoxy groups -OCH3 is 1. The van der Waals surface area contributed by atoms with Crippen LogP contribution in [0.4, 0.5) is 0 Å². The van der Waals surface area contributed by atoms with E-state index in [2.05, 4.69) is 30.0 Å². The van der Waals surface area contributed by atoms with E-state index in [-0.39, 0.29) is 18.6 Å². The molecule has 2 aromatic carbocycles. The third-order valence-electron chi connectivity index (χ3n) is 3.45. The van der Waals surface area contributed by atoms with Crippen molar-refractivity contribution in [3.8, 4) is 5.75 Å². The van der Waals surface area contributed by atoms with Crippen LogP contribution in [0.1, 0.15) is 25.5 Å². The summed E-state index contributed by atoms with van der Waals surface area (Å²) < 4.78 is 10.4. The maximum absolute atomic E-state index is 11.4. The number of fused-ring (bicyclic) bond motifs is 1. The van der Waals surface area contributed by atoms with Gasteiger partial charge in [-0.25, -0.2) is 4.79 Å². The van der Waals surface area contributed by atoms with Crippen molar-refractivity contribution in [3.63, 3.8) is 0 Å². The first-order chi connectivity index (χ1) is 10.2. The van der Waals surface area contributed by atoms with Crippen molar-refractivity contribution in [1.82, 2.24) is 5.32 Å². The number of benzene rings is 2. The number of nitrogens with one attached hydrogen (secondary N) is 1. The van der Waals surface area contributed by atoms with Gasteiger partial charge in [-0.2, -0.15) is 0 Å². The predicted molar refractivity (Wildman–Crippen MR) is 83.6 cm³/mol. The fourth-order valence-corrected chi connectivity index (χ4v) is 2.37. The Balaban J connectivity index is 2.44. The van der Waals surface area contributed by atoms with Gasteiger partial charge in [-0.05, 0) is 18.9 Å². The Bertz CT molecular complexity index is 624. The average Bonchev–Trinajstić information content (AvgIpc) is 2.52. The molecule has 1 N–H and O–H groups in total. The summed E-state index contributed by atoms with van der Waals surface area (Å²) in [4.78, 5) is 11.4. The first-order valence-corrected chi connectivity index (χ1v) is 7.12. The number of hydrogen-bond acceptors (Lipinski definition) is 4. The summed E-state index contributed by atoms with van der Waals surface area (Å²) >= 11 is 0. The SMILES string of the molecule is CCNC(C)c1ccc2ccccc2c1OCC(=O)OC. The molecule has 1 unspecified atom stereocenters. The second-order valence-corrected chi connectivity index (χ2v) is 4.85. The smallest absolute Gasteiger partial charge is 0.343 e. The number of carbonyl (C=O) groups is 1. The summed E-state index contributed by atoms with van der Waals surface area (Å²) in [6.07, 6.45) is 0. The van der Waals surface area contributed by atoms with Gasteiger partial charge < -0.3 is 14.8 Å². The van der Waals surface area contributed by atoms with Gasteiger partial charge in [0.05, 0.1) is 7.11 Å². The van der Waals surface area contributed by atoms with Gasteiger partial charge in [0.2, 0.25) is 0 Å². The van der Waals surface area contributed by atoms with Gasteiger partial charge >= 0.3 is 5.97 Å². The molecule has 4 nitrogen and oxygen atoms in total. The number of ether oxygens (including phenoxy) is 2. The van der Waals surface area contributed by atoms with Crippen LogP contribution in [0, 0.1) is 0 Å². The van der Waals surface area contributed by atoms with Gasteiger partial charge in [-0.3, -0.25) is 0 Å². The van der Waals surface area contributed by atoms with E-state index in [0.717, 1.165) is 28.6 Å². The minimum atomic E-state index is -0.384. The molecular weight excluding hydrogens is 266 g/mol. The zero-order valence-corrected chi connectivity index (χ0v) is 12.7. The van der Waals surface area contributed by atoms with Crippen LogP contribution in [0.5, 0.6) is 5.75 Å². The molecule has 0 amide bonds. The lowest BCUT2D eigenvalue weighted by atomic mass is 10.0. The minimum Gasteiger partial charge on any atom is -0.481 e. The maximum atomic E-state index is 11.4. The van der Waals surface area contributed by atoms with E-state index in [1.165, 1.54) is 7.11 Å². The van der Waals surface area contributed by atoms with Crippen LogP contribution in [0.2, 0.25) is 0 Å². The fourth-order valence-electron chi connectivity index (χ4n) is 2.37. The summed E-state index contributed by atoms with van der Waals surface area (Å²) in [5.74, 6) is 0.358. The summed E-state index contributed by atoms with van der Waals surface area (Å²) in [6, 6.07) is 12.2. The molecule has 0 aliphatic rings. The minimum absolute atomic E-state index is 0.0870. The lowest BCUT2D eigenvalue weighted by molar-refractivity contribution is -0.142. The van der Waals surface area contributed by atoms with Crippen molar-refractivity contribution in [2.75, 3.05) is 20.3 Å². The Morgan fingerprint density at radius 3 is 2.71 bits per heavy atom. The highest BCUT2D eigenvalue weighted by atomic mass is 16.6. The van der Waals surface area contributed by atoms with Crippen molar-refractivity contribution in [3.05, 3.63) is 42.0 Å². The normalized spacial score (nSPS) is 12.1. The second-order valence-electron chi connectivity index (χ2n) is 4.85. The van der Waals surface area contributed by atoms with Crippen molar-refractivity contribution >= 4 is 16.7 Å². The van der Waals surface area contributed by atoms with Crippen LogP contribution in [-0.4, -0.2) is 26.2 Å². The van der Waals surface area contributed by atoms with Crippen molar-refractivity contribution in [1.29, 1.82) is 0 Å². The molecule has 21 heavy (non-hydrogen) atoms. The van der Waals surface area contributed by atoms with Crippen molar-refractivity contribution in [2.24, 2.45) is 0 Å². The Morgan fingerprint density at radius 1 is 1.24 bits per heavy atom. The zero-order chi connectivity index (χ0) is 15.2. The molecule has 0 fully saturated rings. The molecule has 4 heteroatoms. The molecule has 2 aromatic rings. The fraction of sp³-hybridized carbons (Fsp3) is 0.353. The molecule has 0 aliphatic carbocycles. The lowest BCUT2D eigenvalue weighted by Crippen LogP contribution is -2.20. The van der Waals surface area contributed by atoms with E-state index < -0.39 is 0 Å². The van der Waals surface area contributed by atoms with E-state index in [0.29, 0.717) is 0 Å². The quantitative estimate of drug-likeness (QED) is 0.830. The van der Waals surface area contributed by atoms with Gasteiger partial charge in [0.15, 0.2) is 6.61 Å². The molecule has 0 radical (unpaired) electrons. The predicted octanol–water partition coefficient (Wildman–Crippen LogP) is 3.06. The van der Waals surface area contributed by atoms with E-state index in [1.54, 1.807) is 0 Å².